The molecule has 0 saturated carbocycles. The summed E-state index contributed by atoms with van der Waals surface area (Å²) in [6.07, 6.45) is 0. The third kappa shape index (κ3) is 7.13. The van der Waals surface area contributed by atoms with Gasteiger partial charge in [-0.3, -0.25) is 9.59 Å². The Morgan fingerprint density at radius 2 is 0.788 bits per heavy atom. The largest absolute Gasteiger partial charge is 0.293 e. The van der Waals surface area contributed by atoms with E-state index in [1.165, 1.54) is 0 Å². The van der Waals surface area contributed by atoms with Crippen LogP contribution in [0.1, 0.15) is 20.7 Å². The molecule has 0 atom stereocenters. The molecule has 0 unspecified atom stereocenters. The van der Waals surface area contributed by atoms with E-state index in [1.54, 1.807) is 35.3 Å². The molecule has 0 aromatic heterocycles. The number of carbonyl (C=O) groups is 2. The van der Waals surface area contributed by atoms with Crippen LogP contribution in [0, 0.1) is 0 Å². The molecule has 0 radical (unpaired) electrons. The van der Waals surface area contributed by atoms with E-state index in [2.05, 4.69) is 48.5 Å². The Kier molecular flexibility index (Phi) is 8.47. The highest BCUT2D eigenvalue weighted by atomic mass is 32.2. The number of hydrogen-bond acceptors (Lipinski definition) is 5. The maximum Gasteiger partial charge on any atom is 0.173 e. The molecule has 0 aliphatic rings. The van der Waals surface area contributed by atoms with Crippen molar-refractivity contribution in [2.75, 3.05) is 11.5 Å². The van der Waals surface area contributed by atoms with Gasteiger partial charge >= 0.3 is 0 Å². The van der Waals surface area contributed by atoms with E-state index in [0.717, 1.165) is 30.7 Å². The fourth-order valence-corrected chi connectivity index (χ4v) is 5.46. The molecule has 0 bridgehead atoms. The minimum Gasteiger partial charge on any atom is -0.293 e. The second-order valence-electron chi connectivity index (χ2n) is 7.20. The first kappa shape index (κ1) is 23.4. The quantitative estimate of drug-likeness (QED) is 0.169. The van der Waals surface area contributed by atoms with Gasteiger partial charge in [0.05, 0.1) is 11.5 Å². The number of hydrogen-bond donors (Lipinski definition) is 0. The van der Waals surface area contributed by atoms with Crippen molar-refractivity contribution < 1.29 is 9.59 Å². The van der Waals surface area contributed by atoms with Gasteiger partial charge in [0.25, 0.3) is 0 Å². The molecule has 0 fully saturated rings. The van der Waals surface area contributed by atoms with Crippen LogP contribution >= 0.6 is 35.3 Å². The zero-order valence-electron chi connectivity index (χ0n) is 17.8. The number of rotatable bonds is 10. The van der Waals surface area contributed by atoms with Crippen molar-refractivity contribution in [2.45, 2.75) is 19.6 Å². The Morgan fingerprint density at radius 1 is 0.455 bits per heavy atom. The SMILES string of the molecule is O=C(CSc1ccc(Sc2ccc(SCC(=O)c3ccccc3)cc2)cc1)c1ccccc1. The molecular weight excluding hydrogens is 465 g/mol. The number of benzene rings is 4. The summed E-state index contributed by atoms with van der Waals surface area (Å²) in [6, 6.07) is 35.4. The van der Waals surface area contributed by atoms with Crippen LogP contribution in [0.3, 0.4) is 0 Å². The van der Waals surface area contributed by atoms with Crippen LogP contribution in [0.25, 0.3) is 0 Å². The molecule has 0 heterocycles. The summed E-state index contributed by atoms with van der Waals surface area (Å²) < 4.78 is 0. The fourth-order valence-electron chi connectivity index (χ4n) is 3.06. The van der Waals surface area contributed by atoms with E-state index >= 15 is 0 Å². The van der Waals surface area contributed by atoms with Gasteiger partial charge in [-0.2, -0.15) is 0 Å². The summed E-state index contributed by atoms with van der Waals surface area (Å²) in [5, 5.41) is 0. The zero-order chi connectivity index (χ0) is 22.9. The third-order valence-electron chi connectivity index (χ3n) is 4.81. The van der Waals surface area contributed by atoms with Gasteiger partial charge in [-0.15, -0.1) is 23.5 Å². The summed E-state index contributed by atoms with van der Waals surface area (Å²) in [7, 11) is 0. The number of carbonyl (C=O) groups excluding carboxylic acids is 2. The van der Waals surface area contributed by atoms with Crippen molar-refractivity contribution in [2.24, 2.45) is 0 Å². The topological polar surface area (TPSA) is 34.1 Å². The van der Waals surface area contributed by atoms with Crippen molar-refractivity contribution in [3.8, 4) is 0 Å². The lowest BCUT2D eigenvalue weighted by Crippen LogP contribution is -2.01. The molecule has 4 rings (SSSR count). The highest BCUT2D eigenvalue weighted by molar-refractivity contribution is 8.00. The van der Waals surface area contributed by atoms with Crippen molar-refractivity contribution in [1.29, 1.82) is 0 Å². The second-order valence-corrected chi connectivity index (χ2v) is 10.4. The Hall–Kier alpha value is -2.73. The summed E-state index contributed by atoms with van der Waals surface area (Å²) in [5.41, 5.74) is 1.51. The summed E-state index contributed by atoms with van der Waals surface area (Å²) >= 11 is 4.81. The Morgan fingerprint density at radius 3 is 1.15 bits per heavy atom. The molecule has 33 heavy (non-hydrogen) atoms. The molecule has 0 spiro atoms. The number of thioether (sulfide) groups is 2. The smallest absolute Gasteiger partial charge is 0.173 e. The highest BCUT2D eigenvalue weighted by Gasteiger charge is 2.08. The van der Waals surface area contributed by atoms with E-state index in [9.17, 15) is 9.59 Å². The minimum atomic E-state index is 0.141. The van der Waals surface area contributed by atoms with Gasteiger partial charge in [-0.1, -0.05) is 72.4 Å². The van der Waals surface area contributed by atoms with Crippen LogP contribution in [-0.2, 0) is 0 Å². The minimum absolute atomic E-state index is 0.141. The first-order valence-electron chi connectivity index (χ1n) is 10.5. The molecule has 164 valence electrons. The van der Waals surface area contributed by atoms with Gasteiger partial charge in [0, 0.05) is 30.7 Å². The Bertz CT molecular complexity index is 1090. The van der Waals surface area contributed by atoms with E-state index in [1.807, 2.05) is 60.7 Å². The average molecular weight is 487 g/mol. The molecule has 0 aliphatic heterocycles. The first-order chi connectivity index (χ1) is 16.2. The third-order valence-corrected chi connectivity index (χ3v) is 7.85. The van der Waals surface area contributed by atoms with Crippen molar-refractivity contribution in [1.82, 2.24) is 0 Å². The molecule has 0 saturated heterocycles. The van der Waals surface area contributed by atoms with Crippen LogP contribution in [0.2, 0.25) is 0 Å². The molecule has 0 N–H and O–H groups in total. The van der Waals surface area contributed by atoms with E-state index in [0.29, 0.717) is 11.5 Å². The van der Waals surface area contributed by atoms with E-state index in [-0.39, 0.29) is 11.6 Å². The van der Waals surface area contributed by atoms with Crippen LogP contribution in [0.5, 0.6) is 0 Å². The zero-order valence-corrected chi connectivity index (χ0v) is 20.3. The Balaban J connectivity index is 1.26. The average Bonchev–Trinajstić information content (AvgIpc) is 2.88. The molecule has 5 heteroatoms. The normalized spacial score (nSPS) is 10.7. The van der Waals surface area contributed by atoms with Gasteiger partial charge in [0.15, 0.2) is 11.6 Å². The number of ketones is 2. The molecule has 0 amide bonds. The predicted molar refractivity (Wildman–Crippen MR) is 140 cm³/mol. The highest BCUT2D eigenvalue weighted by Crippen LogP contribution is 2.31. The van der Waals surface area contributed by atoms with Crippen LogP contribution in [-0.4, -0.2) is 23.1 Å². The fraction of sp³-hybridized carbons (Fsp3) is 0.0714. The lowest BCUT2D eigenvalue weighted by atomic mass is 10.2. The maximum atomic E-state index is 12.3. The standard InChI is InChI=1S/C28H22O2S3/c29-27(21-7-3-1-4-8-21)19-31-23-11-15-25(16-12-23)33-26-17-13-24(14-18-26)32-20-28(30)22-9-5-2-6-10-22/h1-18H,19-20H2. The lowest BCUT2D eigenvalue weighted by molar-refractivity contribution is 0.101. The monoisotopic (exact) mass is 486 g/mol. The molecule has 2 nitrogen and oxygen atoms in total. The first-order valence-corrected chi connectivity index (χ1v) is 13.3. The molecular formula is C28H22O2S3. The van der Waals surface area contributed by atoms with Crippen LogP contribution in [0.15, 0.2) is 129 Å². The summed E-state index contributed by atoms with van der Waals surface area (Å²) in [6.45, 7) is 0. The van der Waals surface area contributed by atoms with Crippen molar-refractivity contribution in [3.63, 3.8) is 0 Å². The van der Waals surface area contributed by atoms with Gasteiger partial charge < -0.3 is 0 Å². The predicted octanol–water partition coefficient (Wildman–Crippen LogP) is 7.79. The van der Waals surface area contributed by atoms with E-state index < -0.39 is 0 Å². The van der Waals surface area contributed by atoms with Crippen LogP contribution < -0.4 is 0 Å². The Labute approximate surface area is 207 Å². The summed E-state index contributed by atoms with van der Waals surface area (Å²) in [4.78, 5) is 29.0. The molecule has 4 aromatic carbocycles. The van der Waals surface area contributed by atoms with Gasteiger partial charge in [-0.05, 0) is 48.5 Å². The maximum absolute atomic E-state index is 12.3. The summed E-state index contributed by atoms with van der Waals surface area (Å²) in [5.74, 6) is 1.15. The van der Waals surface area contributed by atoms with Gasteiger partial charge in [-0.25, -0.2) is 0 Å². The lowest BCUT2D eigenvalue weighted by Gasteiger charge is -2.06. The molecule has 0 aliphatic carbocycles. The molecule has 4 aromatic rings. The van der Waals surface area contributed by atoms with E-state index in [4.69, 9.17) is 0 Å². The van der Waals surface area contributed by atoms with Crippen molar-refractivity contribution >= 4 is 46.9 Å². The number of Topliss-reactive ketones (excluding diaryl/α,β-unsaturated/α-hetero) is 2. The van der Waals surface area contributed by atoms with Gasteiger partial charge in [0.1, 0.15) is 0 Å². The van der Waals surface area contributed by atoms with Crippen LogP contribution in [0.4, 0.5) is 0 Å². The van der Waals surface area contributed by atoms with Gasteiger partial charge in [0.2, 0.25) is 0 Å². The second kappa shape index (κ2) is 11.9. The van der Waals surface area contributed by atoms with Crippen molar-refractivity contribution in [3.05, 3.63) is 120 Å².